The van der Waals surface area contributed by atoms with Crippen molar-refractivity contribution in [3.63, 3.8) is 0 Å². The van der Waals surface area contributed by atoms with Gasteiger partial charge < -0.3 is 19.5 Å². The van der Waals surface area contributed by atoms with Crippen molar-refractivity contribution in [2.45, 2.75) is 58.3 Å². The first-order valence-electron chi connectivity index (χ1n) is 9.72. The molecule has 5 nitrogen and oxygen atoms in total. The lowest BCUT2D eigenvalue weighted by Crippen LogP contribution is -2.45. The molecule has 0 saturated carbocycles. The summed E-state index contributed by atoms with van der Waals surface area (Å²) >= 11 is 0. The molecule has 1 aliphatic heterocycles. The van der Waals surface area contributed by atoms with E-state index >= 15 is 0 Å². The van der Waals surface area contributed by atoms with E-state index in [-0.39, 0.29) is 17.6 Å². The quantitative estimate of drug-likeness (QED) is 0.793. The molecule has 1 aliphatic rings. The Hall–Kier alpha value is -2.69. The predicted octanol–water partition coefficient (Wildman–Crippen LogP) is 4.58. The zero-order chi connectivity index (χ0) is 20.3. The third-order valence-electron chi connectivity index (χ3n) is 5.02. The molecule has 0 radical (unpaired) electrons. The highest BCUT2D eigenvalue weighted by molar-refractivity contribution is 5.81. The molecule has 0 unspecified atom stereocenters. The number of rotatable bonds is 6. The summed E-state index contributed by atoms with van der Waals surface area (Å²) < 4.78 is 17.5. The molecule has 2 atom stereocenters. The molecule has 5 heteroatoms. The lowest BCUT2D eigenvalue weighted by Gasteiger charge is -2.38. The molecule has 3 rings (SSSR count). The van der Waals surface area contributed by atoms with Crippen molar-refractivity contribution in [1.29, 1.82) is 0 Å². The standard InChI is InChI=1S/C23H29NO4/c1-6-19(27-20-10-8-7-9-15(20)2)22(25)24-18-14-23(3,4)28-21-12-11-16(26-5)13-17(18)21/h7-13,18-19H,6,14H2,1-5H3,(H,24,25)/t18-,19+/m1/s1. The minimum atomic E-state index is -0.555. The van der Waals surface area contributed by atoms with Crippen LogP contribution in [0.2, 0.25) is 0 Å². The van der Waals surface area contributed by atoms with Crippen molar-refractivity contribution in [3.8, 4) is 17.2 Å². The summed E-state index contributed by atoms with van der Waals surface area (Å²) in [6.45, 7) is 7.98. The van der Waals surface area contributed by atoms with Gasteiger partial charge in [-0.1, -0.05) is 25.1 Å². The van der Waals surface area contributed by atoms with Crippen LogP contribution in [0.1, 0.15) is 50.8 Å². The Morgan fingerprint density at radius 2 is 2.04 bits per heavy atom. The first-order chi connectivity index (χ1) is 13.3. The van der Waals surface area contributed by atoms with Gasteiger partial charge in [-0.05, 0) is 57.0 Å². The molecule has 0 fully saturated rings. The lowest BCUT2D eigenvalue weighted by molar-refractivity contribution is -0.129. The van der Waals surface area contributed by atoms with Crippen LogP contribution in [0.5, 0.6) is 17.2 Å². The first kappa shape index (κ1) is 20.1. The van der Waals surface area contributed by atoms with Crippen LogP contribution in [-0.2, 0) is 4.79 Å². The number of fused-ring (bicyclic) bond motifs is 1. The zero-order valence-electron chi connectivity index (χ0n) is 17.2. The summed E-state index contributed by atoms with van der Waals surface area (Å²) in [5, 5.41) is 3.17. The maximum Gasteiger partial charge on any atom is 0.261 e. The number of hydrogen-bond acceptors (Lipinski definition) is 4. The molecule has 1 amide bonds. The summed E-state index contributed by atoms with van der Waals surface area (Å²) in [7, 11) is 1.63. The van der Waals surface area contributed by atoms with E-state index in [4.69, 9.17) is 14.2 Å². The molecule has 150 valence electrons. The number of nitrogens with one attached hydrogen (secondary N) is 1. The number of carbonyl (C=O) groups excluding carboxylic acids is 1. The third-order valence-corrected chi connectivity index (χ3v) is 5.02. The van der Waals surface area contributed by atoms with Gasteiger partial charge in [0.15, 0.2) is 6.10 Å². The summed E-state index contributed by atoms with van der Waals surface area (Å²) in [6.07, 6.45) is 0.693. The minimum absolute atomic E-state index is 0.123. The van der Waals surface area contributed by atoms with Gasteiger partial charge in [0, 0.05) is 12.0 Å². The molecule has 2 aromatic rings. The summed E-state index contributed by atoms with van der Waals surface area (Å²) in [5.41, 5.74) is 1.56. The van der Waals surface area contributed by atoms with Gasteiger partial charge in [0.2, 0.25) is 0 Å². The Bertz CT molecular complexity index is 846. The van der Waals surface area contributed by atoms with E-state index in [2.05, 4.69) is 5.32 Å². The van der Waals surface area contributed by atoms with Gasteiger partial charge in [-0.2, -0.15) is 0 Å². The van der Waals surface area contributed by atoms with Gasteiger partial charge in [0.1, 0.15) is 22.8 Å². The van der Waals surface area contributed by atoms with Gasteiger partial charge in [-0.15, -0.1) is 0 Å². The topological polar surface area (TPSA) is 56.8 Å². The number of carbonyl (C=O) groups is 1. The molecule has 0 saturated heterocycles. The Kier molecular flexibility index (Phi) is 5.82. The fourth-order valence-corrected chi connectivity index (χ4v) is 3.52. The van der Waals surface area contributed by atoms with Crippen LogP contribution in [-0.4, -0.2) is 24.7 Å². The molecule has 1 N–H and O–H groups in total. The van der Waals surface area contributed by atoms with Crippen LogP contribution >= 0.6 is 0 Å². The van der Waals surface area contributed by atoms with Crippen LogP contribution in [0, 0.1) is 6.92 Å². The van der Waals surface area contributed by atoms with E-state index in [1.54, 1.807) is 7.11 Å². The predicted molar refractivity (Wildman–Crippen MR) is 109 cm³/mol. The van der Waals surface area contributed by atoms with Crippen LogP contribution < -0.4 is 19.5 Å². The minimum Gasteiger partial charge on any atom is -0.497 e. The molecule has 28 heavy (non-hydrogen) atoms. The Labute approximate surface area is 167 Å². The molecule has 0 bridgehead atoms. The maximum absolute atomic E-state index is 13.0. The number of benzene rings is 2. The maximum atomic E-state index is 13.0. The van der Waals surface area contributed by atoms with E-state index in [0.29, 0.717) is 12.8 Å². The van der Waals surface area contributed by atoms with Crippen LogP contribution in [0.3, 0.4) is 0 Å². The highest BCUT2D eigenvalue weighted by Gasteiger charge is 2.36. The molecule has 0 spiro atoms. The molecule has 2 aromatic carbocycles. The molecule has 0 aromatic heterocycles. The highest BCUT2D eigenvalue weighted by atomic mass is 16.5. The number of para-hydroxylation sites is 1. The van der Waals surface area contributed by atoms with Gasteiger partial charge in [0.05, 0.1) is 13.2 Å². The Morgan fingerprint density at radius 3 is 2.71 bits per heavy atom. The monoisotopic (exact) mass is 383 g/mol. The van der Waals surface area contributed by atoms with E-state index in [1.165, 1.54) is 0 Å². The third kappa shape index (κ3) is 4.41. The number of hydrogen-bond donors (Lipinski definition) is 1. The smallest absolute Gasteiger partial charge is 0.261 e. The van der Waals surface area contributed by atoms with Crippen molar-refractivity contribution >= 4 is 5.91 Å². The van der Waals surface area contributed by atoms with Crippen molar-refractivity contribution < 1.29 is 19.0 Å². The van der Waals surface area contributed by atoms with E-state index < -0.39 is 6.10 Å². The summed E-state index contributed by atoms with van der Waals surface area (Å²) in [4.78, 5) is 13.0. The van der Waals surface area contributed by atoms with E-state index in [1.807, 2.05) is 70.2 Å². The van der Waals surface area contributed by atoms with Crippen molar-refractivity contribution in [2.24, 2.45) is 0 Å². The zero-order valence-corrected chi connectivity index (χ0v) is 17.2. The second-order valence-corrected chi connectivity index (χ2v) is 7.81. The SMILES string of the molecule is CC[C@H](Oc1ccccc1C)C(=O)N[C@@H]1CC(C)(C)Oc2ccc(OC)cc21. The van der Waals surface area contributed by atoms with Crippen LogP contribution in [0.4, 0.5) is 0 Å². The second-order valence-electron chi connectivity index (χ2n) is 7.81. The fraction of sp³-hybridized carbons (Fsp3) is 0.435. The van der Waals surface area contributed by atoms with E-state index in [9.17, 15) is 4.79 Å². The molecular formula is C23H29NO4. The molecule has 1 heterocycles. The molecular weight excluding hydrogens is 354 g/mol. The highest BCUT2D eigenvalue weighted by Crippen LogP contribution is 2.41. The van der Waals surface area contributed by atoms with Crippen LogP contribution in [0.25, 0.3) is 0 Å². The fourth-order valence-electron chi connectivity index (χ4n) is 3.52. The lowest BCUT2D eigenvalue weighted by atomic mass is 9.89. The van der Waals surface area contributed by atoms with Gasteiger partial charge >= 0.3 is 0 Å². The second kappa shape index (κ2) is 8.13. The number of ether oxygens (including phenoxy) is 3. The van der Waals surface area contributed by atoms with Gasteiger partial charge in [-0.3, -0.25) is 4.79 Å². The average molecular weight is 383 g/mol. The normalized spacial score (nSPS) is 18.4. The summed E-state index contributed by atoms with van der Waals surface area (Å²) in [5.74, 6) is 2.13. The average Bonchev–Trinajstić information content (AvgIpc) is 2.66. The largest absolute Gasteiger partial charge is 0.497 e. The number of aryl methyl sites for hydroxylation is 1. The molecule has 0 aliphatic carbocycles. The first-order valence-corrected chi connectivity index (χ1v) is 9.72. The number of methoxy groups -OCH3 is 1. The Balaban J connectivity index is 1.81. The summed E-state index contributed by atoms with van der Waals surface area (Å²) in [6, 6.07) is 13.3. The van der Waals surface area contributed by atoms with Gasteiger partial charge in [-0.25, -0.2) is 0 Å². The van der Waals surface area contributed by atoms with Crippen LogP contribution in [0.15, 0.2) is 42.5 Å². The van der Waals surface area contributed by atoms with Gasteiger partial charge in [0.25, 0.3) is 5.91 Å². The Morgan fingerprint density at radius 1 is 1.29 bits per heavy atom. The van der Waals surface area contributed by atoms with E-state index in [0.717, 1.165) is 28.4 Å². The van der Waals surface area contributed by atoms with Crippen molar-refractivity contribution in [1.82, 2.24) is 5.32 Å². The number of amides is 1. The van der Waals surface area contributed by atoms with Crippen molar-refractivity contribution in [3.05, 3.63) is 53.6 Å². The van der Waals surface area contributed by atoms with Crippen molar-refractivity contribution in [2.75, 3.05) is 7.11 Å².